The molecule has 0 amide bonds. The van der Waals surface area contributed by atoms with Gasteiger partial charge >= 0.3 is 30.3 Å². The summed E-state index contributed by atoms with van der Waals surface area (Å²) >= 11 is 1.37. The SMILES string of the molecule is Cc1cc(NC(OC(=O)CC(=O)O)OC(=O)CC(=O)O)cs1. The van der Waals surface area contributed by atoms with E-state index in [4.69, 9.17) is 10.2 Å². The zero-order valence-corrected chi connectivity index (χ0v) is 12.2. The molecule has 0 aromatic carbocycles. The molecule has 1 rings (SSSR count). The van der Waals surface area contributed by atoms with Gasteiger partial charge < -0.3 is 25.0 Å². The van der Waals surface area contributed by atoms with Crippen LogP contribution in [0.5, 0.6) is 0 Å². The number of hydrogen-bond acceptors (Lipinski definition) is 8. The number of carbonyl (C=O) groups excluding carboxylic acids is 2. The summed E-state index contributed by atoms with van der Waals surface area (Å²) in [5.41, 5.74) is 0.471. The van der Waals surface area contributed by atoms with Crippen molar-refractivity contribution in [2.75, 3.05) is 5.32 Å². The van der Waals surface area contributed by atoms with E-state index < -0.39 is 43.1 Å². The first kappa shape index (κ1) is 17.4. The third-order valence-corrected chi connectivity index (χ3v) is 2.94. The summed E-state index contributed by atoms with van der Waals surface area (Å²) in [5, 5.41) is 21.2. The topological polar surface area (TPSA) is 139 Å². The number of carbonyl (C=O) groups is 4. The Balaban J connectivity index is 2.70. The predicted octanol–water partition coefficient (Wildman–Crippen LogP) is 0.788. The Bertz CT molecular complexity index is 551. The summed E-state index contributed by atoms with van der Waals surface area (Å²) in [6, 6.07) is 1.67. The van der Waals surface area contributed by atoms with E-state index in [1.165, 1.54) is 11.3 Å². The van der Waals surface area contributed by atoms with Gasteiger partial charge in [-0.1, -0.05) is 0 Å². The number of esters is 2. The average molecular weight is 331 g/mol. The molecule has 1 aromatic rings. The van der Waals surface area contributed by atoms with E-state index in [2.05, 4.69) is 14.8 Å². The Hall–Kier alpha value is -2.62. The minimum Gasteiger partial charge on any atom is -0.481 e. The van der Waals surface area contributed by atoms with Gasteiger partial charge in [0, 0.05) is 10.3 Å². The molecule has 22 heavy (non-hydrogen) atoms. The van der Waals surface area contributed by atoms with Crippen molar-refractivity contribution in [3.8, 4) is 0 Å². The molecule has 0 atom stereocenters. The van der Waals surface area contributed by atoms with E-state index in [1.807, 2.05) is 6.92 Å². The number of carboxylic acids is 2. The summed E-state index contributed by atoms with van der Waals surface area (Å²) in [4.78, 5) is 44.4. The lowest BCUT2D eigenvalue weighted by atomic mass is 10.4. The molecular formula is C12H13NO8S. The quantitative estimate of drug-likeness (QED) is 0.358. The number of aliphatic carboxylic acids is 2. The van der Waals surface area contributed by atoms with Crippen LogP contribution in [0.2, 0.25) is 0 Å². The normalized spacial score (nSPS) is 10.1. The van der Waals surface area contributed by atoms with Crippen LogP contribution in [0, 0.1) is 6.92 Å². The number of ether oxygens (including phenoxy) is 2. The Morgan fingerprint density at radius 2 is 1.64 bits per heavy atom. The van der Waals surface area contributed by atoms with Crippen molar-refractivity contribution in [1.82, 2.24) is 0 Å². The summed E-state index contributed by atoms with van der Waals surface area (Å²) in [7, 11) is 0. The molecule has 120 valence electrons. The number of thiophene rings is 1. The van der Waals surface area contributed by atoms with Gasteiger partial charge in [-0.3, -0.25) is 19.2 Å². The van der Waals surface area contributed by atoms with Crippen LogP contribution in [0.3, 0.4) is 0 Å². The second-order valence-corrected chi connectivity index (χ2v) is 5.16. The van der Waals surface area contributed by atoms with Gasteiger partial charge in [-0.05, 0) is 13.0 Å². The van der Waals surface area contributed by atoms with Gasteiger partial charge in [0.25, 0.3) is 0 Å². The van der Waals surface area contributed by atoms with Gasteiger partial charge in [-0.25, -0.2) is 0 Å². The summed E-state index contributed by atoms with van der Waals surface area (Å²) in [6.07, 6.45) is -3.46. The number of hydrogen-bond donors (Lipinski definition) is 3. The molecule has 0 unspecified atom stereocenters. The maximum Gasteiger partial charge on any atom is 0.329 e. The largest absolute Gasteiger partial charge is 0.481 e. The van der Waals surface area contributed by atoms with Crippen LogP contribution in [0.1, 0.15) is 17.7 Å². The molecule has 0 radical (unpaired) electrons. The van der Waals surface area contributed by atoms with Gasteiger partial charge in [-0.2, -0.15) is 0 Å². The minimum atomic E-state index is -1.62. The van der Waals surface area contributed by atoms with E-state index in [0.717, 1.165) is 4.88 Å². The smallest absolute Gasteiger partial charge is 0.329 e. The number of anilines is 1. The third kappa shape index (κ3) is 6.70. The molecule has 0 aliphatic rings. The fraction of sp³-hybridized carbons (Fsp3) is 0.333. The standard InChI is InChI=1S/C12H13NO8S/c1-6-2-7(5-22-6)13-12(20-10(18)3-8(14)15)21-11(19)4-9(16)17/h2,5,12-13H,3-4H2,1H3,(H,14,15)(H,16,17). The van der Waals surface area contributed by atoms with Crippen molar-refractivity contribution in [1.29, 1.82) is 0 Å². The molecule has 10 heteroatoms. The van der Waals surface area contributed by atoms with Crippen molar-refractivity contribution in [3.63, 3.8) is 0 Å². The van der Waals surface area contributed by atoms with Crippen LogP contribution in [0.4, 0.5) is 5.69 Å². The van der Waals surface area contributed by atoms with Crippen LogP contribution < -0.4 is 5.32 Å². The Labute approximate surface area is 128 Å². The van der Waals surface area contributed by atoms with Crippen molar-refractivity contribution in [2.24, 2.45) is 0 Å². The molecule has 0 saturated carbocycles. The van der Waals surface area contributed by atoms with E-state index >= 15 is 0 Å². The molecule has 1 aromatic heterocycles. The number of aryl methyl sites for hydroxylation is 1. The maximum absolute atomic E-state index is 11.3. The molecule has 1 heterocycles. The summed E-state index contributed by atoms with van der Waals surface area (Å²) in [6.45, 7) is 1.82. The highest BCUT2D eigenvalue weighted by molar-refractivity contribution is 7.10. The summed E-state index contributed by atoms with van der Waals surface area (Å²) in [5.74, 6) is -5.10. The van der Waals surface area contributed by atoms with E-state index in [1.54, 1.807) is 11.4 Å². The average Bonchev–Trinajstić information content (AvgIpc) is 2.71. The van der Waals surface area contributed by atoms with Crippen molar-refractivity contribution in [2.45, 2.75) is 26.2 Å². The summed E-state index contributed by atoms with van der Waals surface area (Å²) < 4.78 is 9.33. The monoisotopic (exact) mass is 331 g/mol. The number of carboxylic acid groups (broad SMARTS) is 2. The van der Waals surface area contributed by atoms with Crippen LogP contribution in [0.15, 0.2) is 11.4 Å². The fourth-order valence-corrected chi connectivity index (χ4v) is 1.95. The first-order valence-electron chi connectivity index (χ1n) is 5.90. The molecule has 0 saturated heterocycles. The maximum atomic E-state index is 11.3. The highest BCUT2D eigenvalue weighted by Gasteiger charge is 2.22. The molecule has 0 fully saturated rings. The van der Waals surface area contributed by atoms with Gasteiger partial charge in [0.2, 0.25) is 0 Å². The Morgan fingerprint density at radius 3 is 2.00 bits per heavy atom. The predicted molar refractivity (Wildman–Crippen MR) is 73.2 cm³/mol. The highest BCUT2D eigenvalue weighted by Crippen LogP contribution is 2.19. The van der Waals surface area contributed by atoms with Gasteiger partial charge in [0.15, 0.2) is 0 Å². The van der Waals surface area contributed by atoms with Crippen molar-refractivity contribution in [3.05, 3.63) is 16.3 Å². The van der Waals surface area contributed by atoms with Crippen LogP contribution >= 0.6 is 11.3 Å². The number of nitrogens with one attached hydrogen (secondary N) is 1. The molecule has 0 aliphatic heterocycles. The number of rotatable bonds is 8. The molecule has 0 aliphatic carbocycles. The van der Waals surface area contributed by atoms with Gasteiger partial charge in [0.05, 0.1) is 5.69 Å². The van der Waals surface area contributed by atoms with Gasteiger partial charge in [-0.15, -0.1) is 11.3 Å². The lowest BCUT2D eigenvalue weighted by molar-refractivity contribution is -0.183. The lowest BCUT2D eigenvalue weighted by Crippen LogP contribution is -2.32. The second-order valence-electron chi connectivity index (χ2n) is 4.04. The lowest BCUT2D eigenvalue weighted by Gasteiger charge is -2.18. The third-order valence-electron chi connectivity index (χ3n) is 2.08. The van der Waals surface area contributed by atoms with E-state index in [9.17, 15) is 19.2 Å². The first-order valence-corrected chi connectivity index (χ1v) is 6.78. The van der Waals surface area contributed by atoms with Crippen LogP contribution in [-0.2, 0) is 28.7 Å². The minimum absolute atomic E-state index is 0.471. The van der Waals surface area contributed by atoms with Crippen molar-refractivity contribution < 1.29 is 38.9 Å². The molecule has 0 bridgehead atoms. The van der Waals surface area contributed by atoms with Crippen LogP contribution in [0.25, 0.3) is 0 Å². The molecule has 0 spiro atoms. The first-order chi connectivity index (χ1) is 10.3. The van der Waals surface area contributed by atoms with E-state index in [-0.39, 0.29) is 0 Å². The Kier molecular flexibility index (Phi) is 6.32. The Morgan fingerprint density at radius 1 is 1.14 bits per heavy atom. The highest BCUT2D eigenvalue weighted by atomic mass is 32.1. The molecular weight excluding hydrogens is 318 g/mol. The van der Waals surface area contributed by atoms with Crippen molar-refractivity contribution >= 4 is 40.9 Å². The zero-order chi connectivity index (χ0) is 16.7. The zero-order valence-electron chi connectivity index (χ0n) is 11.4. The van der Waals surface area contributed by atoms with Crippen LogP contribution in [-0.4, -0.2) is 40.5 Å². The second kappa shape index (κ2) is 7.98. The molecule has 9 nitrogen and oxygen atoms in total. The fourth-order valence-electron chi connectivity index (χ4n) is 1.31. The van der Waals surface area contributed by atoms with E-state index in [0.29, 0.717) is 5.69 Å². The van der Waals surface area contributed by atoms with Gasteiger partial charge in [0.1, 0.15) is 12.8 Å². The molecule has 3 N–H and O–H groups in total.